The topological polar surface area (TPSA) is 120 Å². The fourth-order valence-electron chi connectivity index (χ4n) is 3.10. The number of carbonyl (C=O) groups is 1. The third kappa shape index (κ3) is 4.91. The molecule has 168 valence electrons. The lowest BCUT2D eigenvalue weighted by atomic mass is 10.2. The maximum absolute atomic E-state index is 13.1. The van der Waals surface area contributed by atoms with E-state index in [1.54, 1.807) is 43.3 Å². The zero-order valence-electron chi connectivity index (χ0n) is 17.2. The molecule has 9 nitrogen and oxygen atoms in total. The summed E-state index contributed by atoms with van der Waals surface area (Å²) in [6, 6.07) is 14.2. The molecule has 1 unspecified atom stereocenters. The van der Waals surface area contributed by atoms with Crippen LogP contribution in [0.2, 0.25) is 5.02 Å². The fourth-order valence-corrected chi connectivity index (χ4v) is 4.18. The normalized spacial score (nSPS) is 11.9. The molecule has 4 aromatic rings. The van der Waals surface area contributed by atoms with Crippen molar-refractivity contribution in [2.75, 3.05) is 5.32 Å². The predicted octanol–water partition coefficient (Wildman–Crippen LogP) is 4.72. The van der Waals surface area contributed by atoms with Gasteiger partial charge < -0.3 is 9.73 Å². The first-order valence-electron chi connectivity index (χ1n) is 9.77. The van der Waals surface area contributed by atoms with Crippen molar-refractivity contribution >= 4 is 51.5 Å². The van der Waals surface area contributed by atoms with E-state index in [0.29, 0.717) is 21.8 Å². The van der Waals surface area contributed by atoms with Crippen LogP contribution in [-0.4, -0.2) is 25.6 Å². The molecule has 0 bridgehead atoms. The number of nitro groups is 1. The molecule has 2 aromatic carbocycles. The van der Waals surface area contributed by atoms with Gasteiger partial charge in [0.1, 0.15) is 5.76 Å². The van der Waals surface area contributed by atoms with Gasteiger partial charge in [-0.1, -0.05) is 35.5 Å². The van der Waals surface area contributed by atoms with Crippen molar-refractivity contribution in [3.63, 3.8) is 0 Å². The summed E-state index contributed by atoms with van der Waals surface area (Å²) in [6.45, 7) is 1.79. The standard InChI is InChI=1S/C22H17ClN4O5S/c1-13(20(28)24-19-11-14(27(30)31)8-9-17(19)23)33-22-25-18-7-3-2-6-16(18)21(29)26(22)12-15-5-4-10-32-15/h2-11,13H,12H2,1H3,(H,24,28). The number of non-ortho nitro benzene ring substituents is 1. The number of nitrogens with one attached hydrogen (secondary N) is 1. The third-order valence-electron chi connectivity index (χ3n) is 4.79. The average molecular weight is 485 g/mol. The Balaban J connectivity index is 1.64. The predicted molar refractivity (Wildman–Crippen MR) is 126 cm³/mol. The quantitative estimate of drug-likeness (QED) is 0.174. The van der Waals surface area contributed by atoms with Crippen molar-refractivity contribution in [1.29, 1.82) is 0 Å². The van der Waals surface area contributed by atoms with E-state index < -0.39 is 16.1 Å². The smallest absolute Gasteiger partial charge is 0.271 e. The van der Waals surface area contributed by atoms with Crippen LogP contribution in [-0.2, 0) is 11.3 Å². The van der Waals surface area contributed by atoms with Crippen LogP contribution in [0.1, 0.15) is 12.7 Å². The van der Waals surface area contributed by atoms with Crippen LogP contribution >= 0.6 is 23.4 Å². The molecule has 0 fully saturated rings. The number of para-hydroxylation sites is 1. The molecule has 0 aliphatic rings. The Bertz CT molecular complexity index is 1400. The number of carbonyl (C=O) groups excluding carboxylic acids is 1. The first-order valence-corrected chi connectivity index (χ1v) is 11.0. The number of hydrogen-bond donors (Lipinski definition) is 1. The zero-order valence-corrected chi connectivity index (χ0v) is 18.8. The summed E-state index contributed by atoms with van der Waals surface area (Å²) in [6.07, 6.45) is 1.51. The molecule has 33 heavy (non-hydrogen) atoms. The highest BCUT2D eigenvalue weighted by Gasteiger charge is 2.21. The van der Waals surface area contributed by atoms with Crippen LogP contribution in [0.5, 0.6) is 0 Å². The Labute approximate surface area is 196 Å². The molecule has 0 spiro atoms. The van der Waals surface area contributed by atoms with E-state index in [-0.39, 0.29) is 28.5 Å². The van der Waals surface area contributed by atoms with Crippen LogP contribution in [0.25, 0.3) is 10.9 Å². The number of benzene rings is 2. The van der Waals surface area contributed by atoms with E-state index in [2.05, 4.69) is 10.3 Å². The summed E-state index contributed by atoms with van der Waals surface area (Å²) in [5.74, 6) is 0.117. The third-order valence-corrected chi connectivity index (χ3v) is 6.21. The van der Waals surface area contributed by atoms with E-state index >= 15 is 0 Å². The number of furan rings is 1. The van der Waals surface area contributed by atoms with Gasteiger partial charge in [0.25, 0.3) is 11.2 Å². The Morgan fingerprint density at radius 1 is 1.27 bits per heavy atom. The number of fused-ring (bicyclic) bond motifs is 1. The monoisotopic (exact) mass is 484 g/mol. The second-order valence-corrected chi connectivity index (χ2v) is 8.77. The molecule has 1 N–H and O–H groups in total. The van der Waals surface area contributed by atoms with Crippen LogP contribution in [0.15, 0.2) is 75.2 Å². The lowest BCUT2D eigenvalue weighted by Gasteiger charge is -2.16. The van der Waals surface area contributed by atoms with Crippen LogP contribution < -0.4 is 10.9 Å². The molecule has 4 rings (SSSR count). The molecule has 0 aliphatic carbocycles. The summed E-state index contributed by atoms with van der Waals surface area (Å²) in [7, 11) is 0. The molecule has 0 saturated heterocycles. The molecular weight excluding hydrogens is 468 g/mol. The molecule has 0 aliphatic heterocycles. The first kappa shape index (κ1) is 22.6. The highest BCUT2D eigenvalue weighted by Crippen LogP contribution is 2.29. The molecule has 0 saturated carbocycles. The van der Waals surface area contributed by atoms with Crippen molar-refractivity contribution in [1.82, 2.24) is 9.55 Å². The largest absolute Gasteiger partial charge is 0.467 e. The summed E-state index contributed by atoms with van der Waals surface area (Å²) in [4.78, 5) is 41.0. The maximum atomic E-state index is 13.1. The molecular formula is C22H17ClN4O5S. The Hall–Kier alpha value is -3.63. The van der Waals surface area contributed by atoms with Crippen LogP contribution in [0.4, 0.5) is 11.4 Å². The van der Waals surface area contributed by atoms with Crippen LogP contribution in [0, 0.1) is 10.1 Å². The lowest BCUT2D eigenvalue weighted by Crippen LogP contribution is -2.27. The van der Waals surface area contributed by atoms with E-state index in [9.17, 15) is 19.7 Å². The van der Waals surface area contributed by atoms with Gasteiger partial charge in [-0.15, -0.1) is 0 Å². The molecule has 0 radical (unpaired) electrons. The SMILES string of the molecule is CC(Sc1nc2ccccc2c(=O)n1Cc1ccco1)C(=O)Nc1cc([N+](=O)[O-])ccc1Cl. The molecule has 1 atom stereocenters. The van der Waals surface area contributed by atoms with Gasteiger partial charge in [0.2, 0.25) is 5.91 Å². The maximum Gasteiger partial charge on any atom is 0.271 e. The fraction of sp³-hybridized carbons (Fsp3) is 0.136. The minimum atomic E-state index is -0.698. The van der Waals surface area contributed by atoms with Gasteiger partial charge in [0, 0.05) is 12.1 Å². The minimum Gasteiger partial charge on any atom is -0.467 e. The van der Waals surface area contributed by atoms with Gasteiger partial charge >= 0.3 is 0 Å². The minimum absolute atomic E-state index is 0.128. The van der Waals surface area contributed by atoms with Crippen molar-refractivity contribution in [3.8, 4) is 0 Å². The van der Waals surface area contributed by atoms with Gasteiger partial charge in [-0.05, 0) is 37.3 Å². The molecule has 1 amide bonds. The highest BCUT2D eigenvalue weighted by molar-refractivity contribution is 8.00. The Kier molecular flexibility index (Phi) is 6.47. The van der Waals surface area contributed by atoms with Crippen molar-refractivity contribution in [2.45, 2.75) is 23.9 Å². The average Bonchev–Trinajstić information content (AvgIpc) is 3.31. The number of anilines is 1. The first-order chi connectivity index (χ1) is 15.8. The van der Waals surface area contributed by atoms with Crippen LogP contribution in [0.3, 0.4) is 0 Å². The lowest BCUT2D eigenvalue weighted by molar-refractivity contribution is -0.384. The van der Waals surface area contributed by atoms with Crippen molar-refractivity contribution in [3.05, 3.63) is 92.1 Å². The van der Waals surface area contributed by atoms with E-state index in [1.165, 1.54) is 29.0 Å². The molecule has 2 heterocycles. The second-order valence-electron chi connectivity index (χ2n) is 7.05. The summed E-state index contributed by atoms with van der Waals surface area (Å²) < 4.78 is 6.84. The number of amides is 1. The number of halogens is 1. The van der Waals surface area contributed by atoms with E-state index in [0.717, 1.165) is 11.8 Å². The van der Waals surface area contributed by atoms with Gasteiger partial charge in [0.05, 0.1) is 44.6 Å². The number of nitro benzene ring substituents is 1. The van der Waals surface area contributed by atoms with Crippen molar-refractivity contribution in [2.24, 2.45) is 0 Å². The summed E-state index contributed by atoms with van der Waals surface area (Å²) >= 11 is 7.17. The zero-order chi connectivity index (χ0) is 23.5. The van der Waals surface area contributed by atoms with E-state index in [4.69, 9.17) is 16.0 Å². The Morgan fingerprint density at radius 3 is 2.79 bits per heavy atom. The number of hydrogen-bond acceptors (Lipinski definition) is 7. The Morgan fingerprint density at radius 2 is 2.06 bits per heavy atom. The number of nitrogens with zero attached hydrogens (tertiary/aromatic N) is 3. The summed E-state index contributed by atoms with van der Waals surface area (Å²) in [5.41, 5.74) is 0.185. The summed E-state index contributed by atoms with van der Waals surface area (Å²) in [5, 5.41) is 13.9. The van der Waals surface area contributed by atoms with E-state index in [1.807, 2.05) is 0 Å². The number of thioether (sulfide) groups is 1. The number of rotatable bonds is 7. The van der Waals surface area contributed by atoms with Gasteiger partial charge in [-0.3, -0.25) is 24.3 Å². The molecule has 2 aromatic heterocycles. The van der Waals surface area contributed by atoms with Crippen molar-refractivity contribution < 1.29 is 14.1 Å². The van der Waals surface area contributed by atoms with Gasteiger partial charge in [-0.2, -0.15) is 0 Å². The second kappa shape index (κ2) is 9.47. The van der Waals surface area contributed by atoms with Gasteiger partial charge in [-0.25, -0.2) is 4.98 Å². The molecule has 11 heteroatoms. The number of aromatic nitrogens is 2. The highest BCUT2D eigenvalue weighted by atomic mass is 35.5. The van der Waals surface area contributed by atoms with Gasteiger partial charge in [0.15, 0.2) is 5.16 Å².